The van der Waals surface area contributed by atoms with Gasteiger partial charge in [0.15, 0.2) is 0 Å². The van der Waals surface area contributed by atoms with Crippen molar-refractivity contribution in [3.05, 3.63) is 99.5 Å². The van der Waals surface area contributed by atoms with Crippen molar-refractivity contribution >= 4 is 50.7 Å². The second-order valence-electron chi connectivity index (χ2n) is 11.8. The van der Waals surface area contributed by atoms with E-state index in [0.717, 1.165) is 53.8 Å². The summed E-state index contributed by atoms with van der Waals surface area (Å²) in [5.74, 6) is -0.769. The standard InChI is InChI=1S/C34H41Cl2N3O4S/c1-24(2)29-16-10-11-17-31(29)39(44(3,42)43)23-33(40)38(22-26-18-19-27(35)21-30(26)36)32(20-25-12-6-4-7-13-25)34(41)37-28-14-8-5-9-15-28/h4,6-7,10-13,16-19,21,24,28,32H,5,8-9,14-15,20,22-23H2,1-3H3,(H,37,41)/t32-/m0/s1. The summed E-state index contributed by atoms with van der Waals surface area (Å²) < 4.78 is 27.6. The summed E-state index contributed by atoms with van der Waals surface area (Å²) in [6.45, 7) is 3.46. The quantitative estimate of drug-likeness (QED) is 0.228. The first-order chi connectivity index (χ1) is 20.9. The number of benzene rings is 3. The Morgan fingerprint density at radius 3 is 2.23 bits per heavy atom. The number of nitrogens with zero attached hydrogens (tertiary/aromatic N) is 2. The molecule has 3 aromatic carbocycles. The minimum Gasteiger partial charge on any atom is -0.352 e. The Hall–Kier alpha value is -3.07. The lowest BCUT2D eigenvalue weighted by atomic mass is 9.94. The maximum absolute atomic E-state index is 14.4. The second kappa shape index (κ2) is 15.3. The van der Waals surface area contributed by atoms with Crippen LogP contribution in [0.5, 0.6) is 0 Å². The number of rotatable bonds is 12. The fourth-order valence-corrected chi connectivity index (χ4v) is 7.07. The minimum absolute atomic E-state index is 0.00610. The molecule has 1 aliphatic rings. The van der Waals surface area contributed by atoms with E-state index in [0.29, 0.717) is 21.3 Å². The zero-order valence-corrected chi connectivity index (χ0v) is 27.8. The normalized spacial score (nSPS) is 14.7. The lowest BCUT2D eigenvalue weighted by Gasteiger charge is -2.35. The van der Waals surface area contributed by atoms with Gasteiger partial charge in [-0.1, -0.05) is 111 Å². The third kappa shape index (κ3) is 8.99. The Morgan fingerprint density at radius 1 is 0.932 bits per heavy atom. The maximum Gasteiger partial charge on any atom is 0.244 e. The van der Waals surface area contributed by atoms with Gasteiger partial charge in [-0.05, 0) is 53.6 Å². The van der Waals surface area contributed by atoms with Crippen LogP contribution in [0.4, 0.5) is 5.69 Å². The fraction of sp³-hybridized carbons (Fsp3) is 0.412. The van der Waals surface area contributed by atoms with Crippen LogP contribution in [-0.2, 0) is 32.6 Å². The van der Waals surface area contributed by atoms with Gasteiger partial charge in [-0.2, -0.15) is 0 Å². The smallest absolute Gasteiger partial charge is 0.244 e. The molecular formula is C34H41Cl2N3O4S. The summed E-state index contributed by atoms with van der Waals surface area (Å²) in [5.41, 5.74) is 2.71. The van der Waals surface area contributed by atoms with Gasteiger partial charge in [-0.3, -0.25) is 13.9 Å². The SMILES string of the molecule is CC(C)c1ccccc1N(CC(=O)N(Cc1ccc(Cl)cc1Cl)[C@@H](Cc1ccccc1)C(=O)NC1CCCCC1)S(C)(=O)=O. The van der Waals surface area contributed by atoms with Gasteiger partial charge in [0, 0.05) is 29.1 Å². The highest BCUT2D eigenvalue weighted by atomic mass is 35.5. The van der Waals surface area contributed by atoms with Crippen molar-refractivity contribution in [3.63, 3.8) is 0 Å². The van der Waals surface area contributed by atoms with E-state index in [1.165, 1.54) is 4.90 Å². The molecule has 1 aliphatic carbocycles. The lowest BCUT2D eigenvalue weighted by Crippen LogP contribution is -2.55. The molecule has 1 saturated carbocycles. The van der Waals surface area contributed by atoms with Gasteiger partial charge in [-0.25, -0.2) is 8.42 Å². The first kappa shape index (κ1) is 33.8. The molecule has 0 aromatic heterocycles. The van der Waals surface area contributed by atoms with Gasteiger partial charge >= 0.3 is 0 Å². The van der Waals surface area contributed by atoms with Crippen molar-refractivity contribution in [2.75, 3.05) is 17.1 Å². The number of amides is 2. The predicted molar refractivity (Wildman–Crippen MR) is 179 cm³/mol. The van der Waals surface area contributed by atoms with Gasteiger partial charge in [0.25, 0.3) is 0 Å². The molecule has 4 rings (SSSR count). The molecule has 1 atom stereocenters. The number of anilines is 1. The van der Waals surface area contributed by atoms with Crippen LogP contribution in [0.2, 0.25) is 10.0 Å². The predicted octanol–water partition coefficient (Wildman–Crippen LogP) is 6.97. The van der Waals surface area contributed by atoms with Crippen molar-refractivity contribution < 1.29 is 18.0 Å². The molecule has 0 unspecified atom stereocenters. The number of nitrogens with one attached hydrogen (secondary N) is 1. The number of halogens is 2. The summed E-state index contributed by atoms with van der Waals surface area (Å²) in [5, 5.41) is 4.00. The van der Waals surface area contributed by atoms with Crippen LogP contribution >= 0.6 is 23.2 Å². The zero-order valence-electron chi connectivity index (χ0n) is 25.5. The van der Waals surface area contributed by atoms with Gasteiger partial charge in [-0.15, -0.1) is 0 Å². The summed E-state index contributed by atoms with van der Waals surface area (Å²) in [4.78, 5) is 30.0. The highest BCUT2D eigenvalue weighted by Crippen LogP contribution is 2.30. The number of carbonyl (C=O) groups excluding carboxylic acids is 2. The van der Waals surface area contributed by atoms with E-state index >= 15 is 0 Å². The van der Waals surface area contributed by atoms with Crippen molar-refractivity contribution in [2.45, 2.75) is 76.9 Å². The highest BCUT2D eigenvalue weighted by Gasteiger charge is 2.35. The highest BCUT2D eigenvalue weighted by molar-refractivity contribution is 7.92. The molecule has 0 bridgehead atoms. The van der Waals surface area contributed by atoms with Crippen LogP contribution in [0.25, 0.3) is 0 Å². The molecule has 0 heterocycles. The summed E-state index contributed by atoms with van der Waals surface area (Å²) in [6, 6.07) is 20.8. The van der Waals surface area contributed by atoms with Crippen LogP contribution in [-0.4, -0.2) is 50.0 Å². The maximum atomic E-state index is 14.4. The molecule has 3 aromatic rings. The van der Waals surface area contributed by atoms with Crippen molar-refractivity contribution in [2.24, 2.45) is 0 Å². The Balaban J connectivity index is 1.77. The molecule has 1 N–H and O–H groups in total. The molecule has 0 radical (unpaired) electrons. The summed E-state index contributed by atoms with van der Waals surface area (Å²) in [7, 11) is -3.87. The summed E-state index contributed by atoms with van der Waals surface area (Å²) in [6.07, 6.45) is 6.32. The Bertz CT molecular complexity index is 1540. The van der Waals surface area contributed by atoms with Crippen LogP contribution in [0.3, 0.4) is 0 Å². The van der Waals surface area contributed by atoms with Crippen molar-refractivity contribution in [1.29, 1.82) is 0 Å². The van der Waals surface area contributed by atoms with Gasteiger partial charge in [0.05, 0.1) is 11.9 Å². The topological polar surface area (TPSA) is 86.8 Å². The molecule has 44 heavy (non-hydrogen) atoms. The third-order valence-electron chi connectivity index (χ3n) is 8.09. The van der Waals surface area contributed by atoms with Crippen LogP contribution in [0.1, 0.15) is 68.6 Å². The van der Waals surface area contributed by atoms with E-state index in [1.807, 2.05) is 56.3 Å². The monoisotopic (exact) mass is 657 g/mol. The average Bonchev–Trinajstić information content (AvgIpc) is 2.99. The first-order valence-corrected chi connectivity index (χ1v) is 17.7. The molecule has 0 aliphatic heterocycles. The minimum atomic E-state index is -3.87. The number of sulfonamides is 1. The van der Waals surface area contributed by atoms with Crippen molar-refractivity contribution in [1.82, 2.24) is 10.2 Å². The van der Waals surface area contributed by atoms with Gasteiger partial charge < -0.3 is 10.2 Å². The molecule has 10 heteroatoms. The van der Waals surface area contributed by atoms with E-state index in [4.69, 9.17) is 23.2 Å². The van der Waals surface area contributed by atoms with Crippen molar-refractivity contribution in [3.8, 4) is 0 Å². The van der Waals surface area contributed by atoms with Crippen LogP contribution < -0.4 is 9.62 Å². The number of hydrogen-bond donors (Lipinski definition) is 1. The van der Waals surface area contributed by atoms with E-state index in [9.17, 15) is 18.0 Å². The molecule has 2 amide bonds. The van der Waals surface area contributed by atoms with E-state index in [2.05, 4.69) is 5.32 Å². The number of para-hydroxylation sites is 1. The number of carbonyl (C=O) groups is 2. The third-order valence-corrected chi connectivity index (χ3v) is 9.80. The van der Waals surface area contributed by atoms with E-state index in [1.54, 1.807) is 30.3 Å². The number of hydrogen-bond acceptors (Lipinski definition) is 4. The molecule has 236 valence electrons. The van der Waals surface area contributed by atoms with Crippen LogP contribution in [0, 0.1) is 0 Å². The van der Waals surface area contributed by atoms with E-state index < -0.39 is 28.5 Å². The van der Waals surface area contributed by atoms with Crippen LogP contribution in [0.15, 0.2) is 72.8 Å². The molecule has 1 fully saturated rings. The molecule has 7 nitrogen and oxygen atoms in total. The lowest BCUT2D eigenvalue weighted by molar-refractivity contribution is -0.140. The van der Waals surface area contributed by atoms with Gasteiger partial charge in [0.2, 0.25) is 21.8 Å². The Kier molecular flexibility index (Phi) is 11.7. The Morgan fingerprint density at radius 2 is 1.59 bits per heavy atom. The Labute approximate surface area is 271 Å². The second-order valence-corrected chi connectivity index (χ2v) is 14.5. The van der Waals surface area contributed by atoms with Gasteiger partial charge in [0.1, 0.15) is 12.6 Å². The zero-order chi connectivity index (χ0) is 31.9. The molecule has 0 saturated heterocycles. The average molecular weight is 659 g/mol. The van der Waals surface area contributed by atoms with E-state index in [-0.39, 0.29) is 30.8 Å². The molecule has 0 spiro atoms. The summed E-state index contributed by atoms with van der Waals surface area (Å²) >= 11 is 12.7. The molecular weight excluding hydrogens is 617 g/mol. The largest absolute Gasteiger partial charge is 0.352 e. The first-order valence-electron chi connectivity index (χ1n) is 15.1. The fourth-order valence-electron chi connectivity index (χ4n) is 5.73.